The Morgan fingerprint density at radius 3 is 2.42 bits per heavy atom. The molecule has 1 aliphatic rings. The van der Waals surface area contributed by atoms with Crippen LogP contribution in [-0.4, -0.2) is 20.0 Å². The first-order valence-electron chi connectivity index (χ1n) is 7.30. The molecular formula is C18H14FNO3S. The van der Waals surface area contributed by atoms with E-state index in [0.717, 1.165) is 5.56 Å². The lowest BCUT2D eigenvalue weighted by atomic mass is 10.0. The summed E-state index contributed by atoms with van der Waals surface area (Å²) in [5, 5.41) is 8.23. The van der Waals surface area contributed by atoms with Gasteiger partial charge >= 0.3 is 0 Å². The minimum Gasteiger partial charge on any atom is -0.302 e. The number of carbonyl (C=O) groups is 1. The van der Waals surface area contributed by atoms with Crippen molar-refractivity contribution in [3.8, 4) is 6.07 Å². The van der Waals surface area contributed by atoms with Crippen LogP contribution in [0.1, 0.15) is 17.0 Å². The third-order valence-corrected chi connectivity index (χ3v) is 6.72. The Kier molecular flexibility index (Phi) is 3.77. The van der Waals surface area contributed by atoms with Gasteiger partial charge < -0.3 is 4.79 Å². The van der Waals surface area contributed by atoms with Crippen LogP contribution in [-0.2, 0) is 14.6 Å². The molecule has 122 valence electrons. The van der Waals surface area contributed by atoms with Gasteiger partial charge in [0.15, 0.2) is 9.84 Å². The zero-order valence-electron chi connectivity index (χ0n) is 12.8. The maximum absolute atomic E-state index is 13.5. The summed E-state index contributed by atoms with van der Waals surface area (Å²) in [6, 6.07) is 13.4. The van der Waals surface area contributed by atoms with Crippen LogP contribution >= 0.6 is 0 Å². The standard InChI is InChI=1S/C18H14FNO3S/c1-12-5-7-15(8-6-12)24(22,23)17-16(18(17,10-20)11-21)13-3-2-4-14(19)9-13/h2-9,11,16-17H,1H3/t16-,17-,18-/m1/s1. The summed E-state index contributed by atoms with van der Waals surface area (Å²) in [6.45, 7) is 1.83. The van der Waals surface area contributed by atoms with Crippen molar-refractivity contribution >= 4 is 16.1 Å². The zero-order valence-corrected chi connectivity index (χ0v) is 13.6. The molecule has 0 aliphatic heterocycles. The van der Waals surface area contributed by atoms with Crippen LogP contribution in [0, 0.1) is 29.5 Å². The van der Waals surface area contributed by atoms with Gasteiger partial charge in [-0.25, -0.2) is 12.8 Å². The van der Waals surface area contributed by atoms with Gasteiger partial charge in [-0.1, -0.05) is 29.8 Å². The number of aldehydes is 1. The van der Waals surface area contributed by atoms with Crippen molar-refractivity contribution in [3.63, 3.8) is 0 Å². The number of nitrogens with zero attached hydrogens (tertiary/aromatic N) is 1. The highest BCUT2D eigenvalue weighted by Crippen LogP contribution is 2.62. The molecule has 1 saturated carbocycles. The monoisotopic (exact) mass is 343 g/mol. The molecule has 6 heteroatoms. The van der Waals surface area contributed by atoms with Crippen molar-refractivity contribution in [2.75, 3.05) is 0 Å². The molecule has 24 heavy (non-hydrogen) atoms. The highest BCUT2D eigenvalue weighted by atomic mass is 32.2. The number of aryl methyl sites for hydroxylation is 1. The molecular weight excluding hydrogens is 329 g/mol. The molecule has 0 radical (unpaired) electrons. The maximum Gasteiger partial charge on any atom is 0.183 e. The lowest BCUT2D eigenvalue weighted by Gasteiger charge is -2.05. The van der Waals surface area contributed by atoms with Crippen LogP contribution < -0.4 is 0 Å². The van der Waals surface area contributed by atoms with E-state index < -0.39 is 32.2 Å². The highest BCUT2D eigenvalue weighted by molar-refractivity contribution is 7.92. The highest BCUT2D eigenvalue weighted by Gasteiger charge is 2.72. The van der Waals surface area contributed by atoms with E-state index >= 15 is 0 Å². The normalized spacial score (nSPS) is 25.7. The Morgan fingerprint density at radius 2 is 1.88 bits per heavy atom. The first-order valence-corrected chi connectivity index (χ1v) is 8.85. The Hall–Kier alpha value is -2.52. The molecule has 2 aromatic rings. The zero-order chi connectivity index (χ0) is 17.5. The van der Waals surface area contributed by atoms with Crippen LogP contribution in [0.4, 0.5) is 4.39 Å². The fourth-order valence-electron chi connectivity index (χ4n) is 3.14. The van der Waals surface area contributed by atoms with Gasteiger partial charge in [0.05, 0.1) is 11.0 Å². The van der Waals surface area contributed by atoms with Gasteiger partial charge in [0, 0.05) is 5.92 Å². The van der Waals surface area contributed by atoms with Crippen molar-refractivity contribution < 1.29 is 17.6 Å². The van der Waals surface area contributed by atoms with E-state index in [4.69, 9.17) is 0 Å². The summed E-state index contributed by atoms with van der Waals surface area (Å²) in [5.74, 6) is -1.41. The average Bonchev–Trinajstić information content (AvgIpc) is 3.26. The quantitative estimate of drug-likeness (QED) is 0.800. The molecule has 3 rings (SSSR count). The second kappa shape index (κ2) is 5.53. The first kappa shape index (κ1) is 16.3. The smallest absolute Gasteiger partial charge is 0.183 e. The Bertz CT molecular complexity index is 947. The van der Waals surface area contributed by atoms with E-state index in [0.29, 0.717) is 11.8 Å². The average molecular weight is 343 g/mol. The molecule has 0 spiro atoms. The molecule has 2 aromatic carbocycles. The van der Waals surface area contributed by atoms with E-state index in [2.05, 4.69) is 0 Å². The van der Waals surface area contributed by atoms with Crippen molar-refractivity contribution in [1.82, 2.24) is 0 Å². The third kappa shape index (κ3) is 2.33. The molecule has 1 fully saturated rings. The van der Waals surface area contributed by atoms with Crippen LogP contribution in [0.5, 0.6) is 0 Å². The number of carbonyl (C=O) groups excluding carboxylic acids is 1. The van der Waals surface area contributed by atoms with Gasteiger partial charge in [-0.2, -0.15) is 5.26 Å². The topological polar surface area (TPSA) is 75.0 Å². The lowest BCUT2D eigenvalue weighted by molar-refractivity contribution is -0.110. The van der Waals surface area contributed by atoms with Crippen molar-refractivity contribution in [2.24, 2.45) is 5.41 Å². The predicted octanol–water partition coefficient (Wildman–Crippen LogP) is 2.78. The third-order valence-electron chi connectivity index (χ3n) is 4.46. The van der Waals surface area contributed by atoms with Crippen LogP contribution in [0.2, 0.25) is 0 Å². The minimum atomic E-state index is -3.90. The van der Waals surface area contributed by atoms with Gasteiger partial charge in [-0.3, -0.25) is 0 Å². The van der Waals surface area contributed by atoms with Crippen LogP contribution in [0.25, 0.3) is 0 Å². The van der Waals surface area contributed by atoms with Gasteiger partial charge in [-0.05, 0) is 36.8 Å². The Labute approximate surface area is 139 Å². The Balaban J connectivity index is 2.10. The number of rotatable bonds is 4. The predicted molar refractivity (Wildman–Crippen MR) is 85.4 cm³/mol. The van der Waals surface area contributed by atoms with Gasteiger partial charge in [0.25, 0.3) is 0 Å². The summed E-state index contributed by atoms with van der Waals surface area (Å²) >= 11 is 0. The number of benzene rings is 2. The summed E-state index contributed by atoms with van der Waals surface area (Å²) in [4.78, 5) is 11.6. The number of nitriles is 1. The molecule has 0 heterocycles. The molecule has 0 saturated heterocycles. The molecule has 0 unspecified atom stereocenters. The number of hydrogen-bond donors (Lipinski definition) is 0. The first-order chi connectivity index (χ1) is 11.4. The molecule has 1 aliphatic carbocycles. The maximum atomic E-state index is 13.5. The van der Waals surface area contributed by atoms with Crippen molar-refractivity contribution in [2.45, 2.75) is 23.0 Å². The molecule has 0 N–H and O–H groups in total. The lowest BCUT2D eigenvalue weighted by Crippen LogP contribution is -2.16. The number of halogens is 1. The van der Waals surface area contributed by atoms with Crippen LogP contribution in [0.15, 0.2) is 53.4 Å². The van der Waals surface area contributed by atoms with E-state index in [9.17, 15) is 22.9 Å². The van der Waals surface area contributed by atoms with E-state index in [1.54, 1.807) is 12.1 Å². The largest absolute Gasteiger partial charge is 0.302 e. The molecule has 3 atom stereocenters. The summed E-state index contributed by atoms with van der Waals surface area (Å²) in [6.07, 6.45) is 0.374. The van der Waals surface area contributed by atoms with Gasteiger partial charge in [-0.15, -0.1) is 0 Å². The molecule has 0 bridgehead atoms. The number of sulfone groups is 1. The van der Waals surface area contributed by atoms with E-state index in [-0.39, 0.29) is 4.90 Å². The van der Waals surface area contributed by atoms with Crippen LogP contribution in [0.3, 0.4) is 0 Å². The molecule has 0 amide bonds. The summed E-state index contributed by atoms with van der Waals surface area (Å²) in [7, 11) is -3.90. The fourth-order valence-corrected chi connectivity index (χ4v) is 5.37. The van der Waals surface area contributed by atoms with Crippen molar-refractivity contribution in [1.29, 1.82) is 5.26 Å². The van der Waals surface area contributed by atoms with Gasteiger partial charge in [0.1, 0.15) is 22.8 Å². The molecule has 4 nitrogen and oxygen atoms in total. The summed E-state index contributed by atoms with van der Waals surface area (Å²) in [5.41, 5.74) is -0.449. The fraction of sp³-hybridized carbons (Fsp3) is 0.222. The van der Waals surface area contributed by atoms with E-state index in [1.165, 1.54) is 36.4 Å². The second-order valence-corrected chi connectivity index (χ2v) is 8.04. The van der Waals surface area contributed by atoms with Crippen molar-refractivity contribution in [3.05, 3.63) is 65.5 Å². The number of hydrogen-bond acceptors (Lipinski definition) is 4. The van der Waals surface area contributed by atoms with E-state index in [1.807, 2.05) is 13.0 Å². The molecule has 0 aromatic heterocycles. The Morgan fingerprint density at radius 1 is 1.21 bits per heavy atom. The second-order valence-electron chi connectivity index (χ2n) is 5.97. The van der Waals surface area contributed by atoms with Gasteiger partial charge in [0.2, 0.25) is 0 Å². The SMILES string of the molecule is Cc1ccc(S(=O)(=O)[C@@H]2[C@@H](c3cccc(F)c3)[C@@]2(C#N)C=O)cc1. The summed E-state index contributed by atoms with van der Waals surface area (Å²) < 4.78 is 39.3. The minimum absolute atomic E-state index is 0.0541.